The average Bonchev–Trinajstić information content (AvgIpc) is 2.29. The number of amides is 2. The predicted octanol–water partition coefficient (Wildman–Crippen LogP) is 2.15. The minimum absolute atomic E-state index is 0.0366. The first kappa shape index (κ1) is 14.5. The number of anilines is 1. The Balaban J connectivity index is 2.94. The van der Waals surface area contributed by atoms with Crippen LogP contribution in [0.3, 0.4) is 0 Å². The summed E-state index contributed by atoms with van der Waals surface area (Å²) in [4.78, 5) is 22.1. The van der Waals surface area contributed by atoms with Gasteiger partial charge in [0.15, 0.2) is 0 Å². The number of carbonyl (C=O) groups is 2. The van der Waals surface area contributed by atoms with Gasteiger partial charge >= 0.3 is 18.0 Å². The van der Waals surface area contributed by atoms with E-state index in [2.05, 4.69) is 26.6 Å². The lowest BCUT2D eigenvalue weighted by molar-refractivity contribution is -0.137. The first-order valence-electron chi connectivity index (χ1n) is 4.65. The van der Waals surface area contributed by atoms with Crippen molar-refractivity contribution >= 4 is 33.4 Å². The van der Waals surface area contributed by atoms with Crippen LogP contribution in [0.1, 0.15) is 5.56 Å². The van der Waals surface area contributed by atoms with Crippen molar-refractivity contribution in [2.24, 2.45) is 0 Å². The zero-order valence-corrected chi connectivity index (χ0v) is 10.6. The van der Waals surface area contributed by atoms with Crippen molar-refractivity contribution in [3.05, 3.63) is 28.2 Å². The van der Waals surface area contributed by atoms with Gasteiger partial charge in [-0.2, -0.15) is 13.2 Å². The SMILES string of the molecule is CNC(=O)C(=O)Nc1ccc(C(F)(F)F)cc1Br. The summed E-state index contributed by atoms with van der Waals surface area (Å²) < 4.78 is 37.2. The topological polar surface area (TPSA) is 58.2 Å². The lowest BCUT2D eigenvalue weighted by atomic mass is 10.2. The summed E-state index contributed by atoms with van der Waals surface area (Å²) in [5, 5.41) is 4.27. The minimum Gasteiger partial charge on any atom is -0.351 e. The van der Waals surface area contributed by atoms with Gasteiger partial charge in [-0.1, -0.05) is 0 Å². The third-order valence-corrected chi connectivity index (χ3v) is 2.63. The average molecular weight is 325 g/mol. The maximum absolute atomic E-state index is 12.4. The van der Waals surface area contributed by atoms with E-state index >= 15 is 0 Å². The molecule has 0 aliphatic rings. The molecular weight excluding hydrogens is 317 g/mol. The molecule has 2 N–H and O–H groups in total. The molecule has 8 heteroatoms. The summed E-state index contributed by atoms with van der Waals surface area (Å²) in [7, 11) is 1.27. The van der Waals surface area contributed by atoms with E-state index in [1.54, 1.807) is 0 Å². The van der Waals surface area contributed by atoms with Crippen LogP contribution in [0.5, 0.6) is 0 Å². The first-order chi connectivity index (χ1) is 8.25. The first-order valence-corrected chi connectivity index (χ1v) is 5.45. The Morgan fingerprint density at radius 1 is 1.22 bits per heavy atom. The molecule has 0 spiro atoms. The Morgan fingerprint density at radius 3 is 2.28 bits per heavy atom. The molecule has 0 unspecified atom stereocenters. The van der Waals surface area contributed by atoms with Crippen molar-refractivity contribution in [3.8, 4) is 0 Å². The molecule has 2 amide bonds. The largest absolute Gasteiger partial charge is 0.416 e. The van der Waals surface area contributed by atoms with Crippen LogP contribution in [0.15, 0.2) is 22.7 Å². The maximum Gasteiger partial charge on any atom is 0.416 e. The monoisotopic (exact) mass is 324 g/mol. The molecule has 1 rings (SSSR count). The Hall–Kier alpha value is -1.57. The van der Waals surface area contributed by atoms with Crippen molar-refractivity contribution in [1.82, 2.24) is 5.32 Å². The van der Waals surface area contributed by atoms with Crippen LogP contribution in [0.2, 0.25) is 0 Å². The van der Waals surface area contributed by atoms with Gasteiger partial charge in [-0.05, 0) is 34.1 Å². The van der Waals surface area contributed by atoms with E-state index in [0.717, 1.165) is 18.2 Å². The van der Waals surface area contributed by atoms with E-state index in [0.29, 0.717) is 0 Å². The molecule has 0 saturated heterocycles. The van der Waals surface area contributed by atoms with Crippen LogP contribution in [0.25, 0.3) is 0 Å². The van der Waals surface area contributed by atoms with E-state index in [1.165, 1.54) is 7.05 Å². The molecule has 0 aliphatic carbocycles. The number of likely N-dealkylation sites (N-methyl/N-ethyl adjacent to an activating group) is 1. The molecule has 4 nitrogen and oxygen atoms in total. The standard InChI is InChI=1S/C10H8BrF3N2O2/c1-15-8(17)9(18)16-7-3-2-5(4-6(7)11)10(12,13)14/h2-4H,1H3,(H,15,17)(H,16,18). The Kier molecular flexibility index (Phi) is 4.33. The number of hydrogen-bond acceptors (Lipinski definition) is 2. The van der Waals surface area contributed by atoms with Crippen molar-refractivity contribution in [3.63, 3.8) is 0 Å². The quantitative estimate of drug-likeness (QED) is 0.778. The molecule has 0 bridgehead atoms. The number of halogens is 4. The molecule has 0 atom stereocenters. The van der Waals surface area contributed by atoms with Gasteiger partial charge in [0.05, 0.1) is 11.3 Å². The molecule has 0 heterocycles. The lowest BCUT2D eigenvalue weighted by Crippen LogP contribution is -2.32. The fourth-order valence-electron chi connectivity index (χ4n) is 1.09. The fraction of sp³-hybridized carbons (Fsp3) is 0.200. The number of nitrogens with one attached hydrogen (secondary N) is 2. The zero-order chi connectivity index (χ0) is 13.9. The van der Waals surface area contributed by atoms with Gasteiger partial charge in [-0.25, -0.2) is 0 Å². The van der Waals surface area contributed by atoms with E-state index in [-0.39, 0.29) is 10.2 Å². The van der Waals surface area contributed by atoms with Gasteiger partial charge in [-0.15, -0.1) is 0 Å². The van der Waals surface area contributed by atoms with Gasteiger partial charge in [0.1, 0.15) is 0 Å². The molecule has 0 radical (unpaired) electrons. The Bertz CT molecular complexity index is 489. The van der Waals surface area contributed by atoms with Gasteiger partial charge in [0, 0.05) is 11.5 Å². The Morgan fingerprint density at radius 2 is 1.83 bits per heavy atom. The summed E-state index contributed by atoms with van der Waals surface area (Å²) in [6, 6.07) is 2.69. The highest BCUT2D eigenvalue weighted by Gasteiger charge is 2.31. The lowest BCUT2D eigenvalue weighted by Gasteiger charge is -2.10. The molecule has 0 aromatic heterocycles. The van der Waals surface area contributed by atoms with Crippen LogP contribution in [-0.2, 0) is 15.8 Å². The van der Waals surface area contributed by atoms with Crippen molar-refractivity contribution in [2.45, 2.75) is 6.18 Å². The second-order valence-electron chi connectivity index (χ2n) is 3.23. The third kappa shape index (κ3) is 3.46. The number of hydrogen-bond donors (Lipinski definition) is 2. The van der Waals surface area contributed by atoms with Crippen LogP contribution in [0.4, 0.5) is 18.9 Å². The fourth-order valence-corrected chi connectivity index (χ4v) is 1.56. The number of carbonyl (C=O) groups excluding carboxylic acids is 2. The van der Waals surface area contributed by atoms with Gasteiger partial charge in [-0.3, -0.25) is 9.59 Å². The van der Waals surface area contributed by atoms with E-state index < -0.39 is 23.6 Å². The maximum atomic E-state index is 12.4. The second kappa shape index (κ2) is 5.38. The predicted molar refractivity (Wildman–Crippen MR) is 61.8 cm³/mol. The van der Waals surface area contributed by atoms with Crippen LogP contribution < -0.4 is 10.6 Å². The summed E-state index contributed by atoms with van der Waals surface area (Å²) in [6.45, 7) is 0. The zero-order valence-electron chi connectivity index (χ0n) is 9.06. The van der Waals surface area contributed by atoms with Crippen LogP contribution in [-0.4, -0.2) is 18.9 Å². The van der Waals surface area contributed by atoms with Crippen molar-refractivity contribution < 1.29 is 22.8 Å². The molecule has 98 valence electrons. The Labute approximate surface area is 109 Å². The van der Waals surface area contributed by atoms with Gasteiger partial charge in [0.2, 0.25) is 0 Å². The normalized spacial score (nSPS) is 10.9. The molecule has 18 heavy (non-hydrogen) atoms. The molecular formula is C10H8BrF3N2O2. The van der Waals surface area contributed by atoms with Crippen molar-refractivity contribution in [2.75, 3.05) is 12.4 Å². The van der Waals surface area contributed by atoms with E-state index in [1.807, 2.05) is 0 Å². The number of benzene rings is 1. The minimum atomic E-state index is -4.47. The highest BCUT2D eigenvalue weighted by atomic mass is 79.9. The third-order valence-electron chi connectivity index (χ3n) is 1.98. The second-order valence-corrected chi connectivity index (χ2v) is 4.08. The van der Waals surface area contributed by atoms with E-state index in [9.17, 15) is 22.8 Å². The summed E-state index contributed by atoms with van der Waals surface area (Å²) in [5.41, 5.74) is -0.774. The smallest absolute Gasteiger partial charge is 0.351 e. The molecule has 1 aromatic carbocycles. The van der Waals surface area contributed by atoms with Crippen LogP contribution >= 0.6 is 15.9 Å². The van der Waals surface area contributed by atoms with Gasteiger partial charge < -0.3 is 10.6 Å². The molecule has 0 saturated carbocycles. The summed E-state index contributed by atoms with van der Waals surface area (Å²) in [6.07, 6.45) is -4.47. The highest BCUT2D eigenvalue weighted by molar-refractivity contribution is 9.10. The summed E-state index contributed by atoms with van der Waals surface area (Å²) in [5.74, 6) is -1.85. The van der Waals surface area contributed by atoms with Crippen molar-refractivity contribution in [1.29, 1.82) is 0 Å². The summed E-state index contributed by atoms with van der Waals surface area (Å²) >= 11 is 2.89. The molecule has 0 aliphatic heterocycles. The molecule has 0 fully saturated rings. The number of alkyl halides is 3. The van der Waals surface area contributed by atoms with Crippen LogP contribution in [0, 0.1) is 0 Å². The number of rotatable bonds is 1. The highest BCUT2D eigenvalue weighted by Crippen LogP contribution is 2.33. The van der Waals surface area contributed by atoms with Gasteiger partial charge in [0.25, 0.3) is 0 Å². The van der Waals surface area contributed by atoms with E-state index in [4.69, 9.17) is 0 Å². The molecule has 1 aromatic rings.